The second-order valence-corrected chi connectivity index (χ2v) is 5.54. The lowest BCUT2D eigenvalue weighted by atomic mass is 10.2. The summed E-state index contributed by atoms with van der Waals surface area (Å²) in [5.74, 6) is 0.809. The molecule has 5 heteroatoms. The minimum absolute atomic E-state index is 0.204. The zero-order valence-electron chi connectivity index (χ0n) is 11.9. The van der Waals surface area contributed by atoms with Crippen LogP contribution in [0, 0.1) is 0 Å². The SMILES string of the molecule is CCCOc1cc(N)cc(NC(CC)c2nccs2)c1. The molecule has 0 amide bonds. The number of nitrogens with one attached hydrogen (secondary N) is 1. The average molecular weight is 291 g/mol. The topological polar surface area (TPSA) is 60.2 Å². The summed E-state index contributed by atoms with van der Waals surface area (Å²) in [6.07, 6.45) is 3.78. The number of anilines is 2. The maximum Gasteiger partial charge on any atom is 0.123 e. The summed E-state index contributed by atoms with van der Waals surface area (Å²) in [6.45, 7) is 4.92. The first kappa shape index (κ1) is 14.7. The fraction of sp³-hybridized carbons (Fsp3) is 0.400. The Morgan fingerprint density at radius 3 is 2.85 bits per heavy atom. The van der Waals surface area contributed by atoms with Gasteiger partial charge < -0.3 is 15.8 Å². The van der Waals surface area contributed by atoms with Gasteiger partial charge in [-0.05, 0) is 18.9 Å². The van der Waals surface area contributed by atoms with E-state index in [1.54, 1.807) is 11.3 Å². The van der Waals surface area contributed by atoms with Crippen LogP contribution in [0.2, 0.25) is 0 Å². The van der Waals surface area contributed by atoms with E-state index in [0.717, 1.165) is 29.3 Å². The maximum atomic E-state index is 5.93. The summed E-state index contributed by atoms with van der Waals surface area (Å²) in [6, 6.07) is 5.97. The fourth-order valence-electron chi connectivity index (χ4n) is 1.95. The lowest BCUT2D eigenvalue weighted by molar-refractivity contribution is 0.318. The molecule has 20 heavy (non-hydrogen) atoms. The van der Waals surface area contributed by atoms with E-state index in [0.29, 0.717) is 12.3 Å². The van der Waals surface area contributed by atoms with Crippen molar-refractivity contribution in [3.8, 4) is 5.75 Å². The third-order valence-electron chi connectivity index (χ3n) is 2.90. The van der Waals surface area contributed by atoms with Crippen LogP contribution >= 0.6 is 11.3 Å². The van der Waals surface area contributed by atoms with Gasteiger partial charge in [0.25, 0.3) is 0 Å². The zero-order valence-corrected chi connectivity index (χ0v) is 12.7. The number of nitrogens with two attached hydrogens (primary N) is 1. The second kappa shape index (κ2) is 7.14. The normalized spacial score (nSPS) is 12.1. The highest BCUT2D eigenvalue weighted by Gasteiger charge is 2.12. The molecule has 1 heterocycles. The zero-order chi connectivity index (χ0) is 14.4. The summed E-state index contributed by atoms with van der Waals surface area (Å²) in [7, 11) is 0. The van der Waals surface area contributed by atoms with Crippen molar-refractivity contribution in [2.75, 3.05) is 17.7 Å². The van der Waals surface area contributed by atoms with Gasteiger partial charge in [0.05, 0.1) is 12.6 Å². The van der Waals surface area contributed by atoms with Crippen LogP contribution in [0.1, 0.15) is 37.7 Å². The third-order valence-corrected chi connectivity index (χ3v) is 3.79. The number of thiazole rings is 1. The van der Waals surface area contributed by atoms with Gasteiger partial charge in [0.2, 0.25) is 0 Å². The predicted octanol–water partition coefficient (Wildman–Crippen LogP) is 4.08. The number of aromatic nitrogens is 1. The molecule has 4 nitrogen and oxygen atoms in total. The highest BCUT2D eigenvalue weighted by molar-refractivity contribution is 7.09. The van der Waals surface area contributed by atoms with Crippen LogP contribution in [0.4, 0.5) is 11.4 Å². The van der Waals surface area contributed by atoms with E-state index in [-0.39, 0.29) is 6.04 Å². The van der Waals surface area contributed by atoms with Crippen molar-refractivity contribution >= 4 is 22.7 Å². The molecule has 1 aromatic heterocycles. The van der Waals surface area contributed by atoms with Crippen LogP contribution in [0.15, 0.2) is 29.8 Å². The Bertz CT molecular complexity index is 528. The van der Waals surface area contributed by atoms with Gasteiger partial charge >= 0.3 is 0 Å². The highest BCUT2D eigenvalue weighted by atomic mass is 32.1. The smallest absolute Gasteiger partial charge is 0.123 e. The Balaban J connectivity index is 2.13. The van der Waals surface area contributed by atoms with Crippen LogP contribution in [-0.4, -0.2) is 11.6 Å². The molecule has 3 N–H and O–H groups in total. The number of ether oxygens (including phenoxy) is 1. The summed E-state index contributed by atoms with van der Waals surface area (Å²) in [5, 5.41) is 6.56. The van der Waals surface area contributed by atoms with E-state index in [2.05, 4.69) is 24.1 Å². The Kier molecular flexibility index (Phi) is 5.24. The summed E-state index contributed by atoms with van der Waals surface area (Å²) < 4.78 is 5.65. The quantitative estimate of drug-likeness (QED) is 0.755. The van der Waals surface area contributed by atoms with Gasteiger partial charge in [0.15, 0.2) is 0 Å². The van der Waals surface area contributed by atoms with Crippen LogP contribution in [0.5, 0.6) is 5.75 Å². The summed E-state index contributed by atoms with van der Waals surface area (Å²) in [5.41, 5.74) is 7.61. The largest absolute Gasteiger partial charge is 0.493 e. The molecule has 0 aliphatic carbocycles. The Morgan fingerprint density at radius 2 is 2.20 bits per heavy atom. The van der Waals surface area contributed by atoms with Crippen LogP contribution in [-0.2, 0) is 0 Å². The van der Waals surface area contributed by atoms with Crippen molar-refractivity contribution < 1.29 is 4.74 Å². The molecular weight excluding hydrogens is 270 g/mol. The molecule has 2 aromatic rings. The number of hydrogen-bond donors (Lipinski definition) is 2. The van der Waals surface area contributed by atoms with Gasteiger partial charge in [-0.25, -0.2) is 4.98 Å². The minimum Gasteiger partial charge on any atom is -0.493 e. The van der Waals surface area contributed by atoms with Gasteiger partial charge in [-0.2, -0.15) is 0 Å². The Hall–Kier alpha value is -1.75. The first-order chi connectivity index (χ1) is 9.72. The average Bonchev–Trinajstić information content (AvgIpc) is 2.96. The van der Waals surface area contributed by atoms with E-state index >= 15 is 0 Å². The monoisotopic (exact) mass is 291 g/mol. The second-order valence-electron chi connectivity index (χ2n) is 4.61. The van der Waals surface area contributed by atoms with Crippen molar-refractivity contribution in [3.63, 3.8) is 0 Å². The van der Waals surface area contributed by atoms with Crippen molar-refractivity contribution in [1.29, 1.82) is 0 Å². The molecule has 0 spiro atoms. The fourth-order valence-corrected chi connectivity index (χ4v) is 2.73. The highest BCUT2D eigenvalue weighted by Crippen LogP contribution is 2.28. The van der Waals surface area contributed by atoms with Gasteiger partial charge in [-0.15, -0.1) is 11.3 Å². The van der Waals surface area contributed by atoms with E-state index in [1.165, 1.54) is 0 Å². The van der Waals surface area contributed by atoms with Crippen molar-refractivity contribution in [3.05, 3.63) is 34.8 Å². The van der Waals surface area contributed by atoms with Gasteiger partial charge in [-0.3, -0.25) is 0 Å². The van der Waals surface area contributed by atoms with Crippen molar-refractivity contribution in [2.45, 2.75) is 32.7 Å². The van der Waals surface area contributed by atoms with E-state index in [4.69, 9.17) is 10.5 Å². The minimum atomic E-state index is 0.204. The van der Waals surface area contributed by atoms with Crippen LogP contribution in [0.25, 0.3) is 0 Å². The Labute approximate surface area is 124 Å². The van der Waals surface area contributed by atoms with E-state index < -0.39 is 0 Å². The standard InChI is InChI=1S/C15H21N3OS/c1-3-6-19-13-9-11(16)8-12(10-13)18-14(4-2)15-17-5-7-20-15/h5,7-10,14,18H,3-4,6,16H2,1-2H3. The Morgan fingerprint density at radius 1 is 1.35 bits per heavy atom. The molecule has 0 fully saturated rings. The summed E-state index contributed by atoms with van der Waals surface area (Å²) in [4.78, 5) is 4.37. The predicted molar refractivity (Wildman–Crippen MR) is 85.4 cm³/mol. The van der Waals surface area contributed by atoms with Crippen molar-refractivity contribution in [1.82, 2.24) is 4.98 Å². The van der Waals surface area contributed by atoms with Gasteiger partial charge in [0, 0.05) is 35.1 Å². The number of benzene rings is 1. The number of hydrogen-bond acceptors (Lipinski definition) is 5. The lowest BCUT2D eigenvalue weighted by Crippen LogP contribution is -2.09. The molecule has 1 aromatic carbocycles. The molecule has 0 aliphatic rings. The number of nitrogens with zero attached hydrogens (tertiary/aromatic N) is 1. The number of nitrogen functional groups attached to an aromatic ring is 1. The van der Waals surface area contributed by atoms with Crippen molar-refractivity contribution in [2.24, 2.45) is 0 Å². The number of rotatable bonds is 7. The van der Waals surface area contributed by atoms with E-state index in [1.807, 2.05) is 29.8 Å². The molecule has 0 aliphatic heterocycles. The maximum absolute atomic E-state index is 5.93. The molecule has 0 bridgehead atoms. The molecule has 0 saturated heterocycles. The van der Waals surface area contributed by atoms with Crippen LogP contribution in [0.3, 0.4) is 0 Å². The molecule has 108 valence electrons. The molecule has 1 unspecified atom stereocenters. The molecule has 1 atom stereocenters. The van der Waals surface area contributed by atoms with Gasteiger partial charge in [-0.1, -0.05) is 13.8 Å². The van der Waals surface area contributed by atoms with Crippen LogP contribution < -0.4 is 15.8 Å². The molecule has 2 rings (SSSR count). The summed E-state index contributed by atoms with van der Waals surface area (Å²) >= 11 is 1.66. The van der Waals surface area contributed by atoms with E-state index in [9.17, 15) is 0 Å². The first-order valence-corrected chi connectivity index (χ1v) is 7.80. The molecule has 0 saturated carbocycles. The first-order valence-electron chi connectivity index (χ1n) is 6.92. The molecule has 0 radical (unpaired) electrons. The van der Waals surface area contributed by atoms with Gasteiger partial charge in [0.1, 0.15) is 10.8 Å². The molecular formula is C15H21N3OS. The lowest BCUT2D eigenvalue weighted by Gasteiger charge is -2.17. The third kappa shape index (κ3) is 3.87.